The Bertz CT molecular complexity index is 726. The molecular formula is C16H20N4O2S. The van der Waals surface area contributed by atoms with Gasteiger partial charge in [-0.05, 0) is 24.8 Å². The Morgan fingerprint density at radius 3 is 2.96 bits per heavy atom. The number of nitrogens with one attached hydrogen (secondary N) is 1. The van der Waals surface area contributed by atoms with E-state index in [9.17, 15) is 9.59 Å². The first-order valence-corrected chi connectivity index (χ1v) is 8.62. The van der Waals surface area contributed by atoms with Crippen LogP contribution < -0.4 is 5.56 Å². The summed E-state index contributed by atoms with van der Waals surface area (Å²) in [5, 5.41) is 1.93. The number of hydrogen-bond donors (Lipinski definition) is 1. The molecule has 0 bridgehead atoms. The molecule has 0 radical (unpaired) electrons. The number of amides is 1. The molecule has 0 aromatic carbocycles. The Hall–Kier alpha value is -1.99. The maximum absolute atomic E-state index is 12.4. The molecule has 1 fully saturated rings. The summed E-state index contributed by atoms with van der Waals surface area (Å²) in [6.07, 6.45) is 0.930. The van der Waals surface area contributed by atoms with Crippen molar-refractivity contribution in [3.63, 3.8) is 0 Å². The summed E-state index contributed by atoms with van der Waals surface area (Å²) in [6, 6.07) is 5.33. The molecule has 1 aliphatic rings. The van der Waals surface area contributed by atoms with Gasteiger partial charge in [0.1, 0.15) is 5.82 Å². The second kappa shape index (κ2) is 7.06. The number of aryl methyl sites for hydroxylation is 1. The number of hydrogen-bond acceptors (Lipinski definition) is 5. The number of nitrogens with zero attached hydrogens (tertiary/aromatic N) is 3. The summed E-state index contributed by atoms with van der Waals surface area (Å²) in [6.45, 7) is 5.61. The van der Waals surface area contributed by atoms with Crippen molar-refractivity contribution in [2.75, 3.05) is 26.2 Å². The van der Waals surface area contributed by atoms with Crippen LogP contribution in [0.15, 0.2) is 28.4 Å². The lowest BCUT2D eigenvalue weighted by molar-refractivity contribution is 0.0766. The molecule has 2 aromatic heterocycles. The van der Waals surface area contributed by atoms with Gasteiger partial charge in [0.15, 0.2) is 0 Å². The fourth-order valence-electron chi connectivity index (χ4n) is 2.84. The van der Waals surface area contributed by atoms with E-state index in [1.165, 1.54) is 11.3 Å². The average Bonchev–Trinajstić information content (AvgIpc) is 2.93. The van der Waals surface area contributed by atoms with Crippen molar-refractivity contribution in [2.24, 2.45) is 0 Å². The predicted octanol–water partition coefficient (Wildman–Crippen LogP) is 1.49. The molecular weight excluding hydrogens is 312 g/mol. The van der Waals surface area contributed by atoms with Crippen molar-refractivity contribution in [3.8, 4) is 0 Å². The molecule has 0 atom stereocenters. The maximum Gasteiger partial charge on any atom is 0.263 e. The minimum Gasteiger partial charge on any atom is -0.337 e. The van der Waals surface area contributed by atoms with Gasteiger partial charge in [0.2, 0.25) is 0 Å². The van der Waals surface area contributed by atoms with Gasteiger partial charge >= 0.3 is 0 Å². The Labute approximate surface area is 138 Å². The van der Waals surface area contributed by atoms with E-state index in [2.05, 4.69) is 14.9 Å². The number of carbonyl (C=O) groups is 1. The zero-order valence-electron chi connectivity index (χ0n) is 13.1. The summed E-state index contributed by atoms with van der Waals surface area (Å²) >= 11 is 1.49. The number of aromatic amines is 1. The first kappa shape index (κ1) is 15.9. The lowest BCUT2D eigenvalue weighted by atomic mass is 10.3. The number of carbonyl (C=O) groups excluding carboxylic acids is 1. The van der Waals surface area contributed by atoms with Gasteiger partial charge in [0.25, 0.3) is 11.5 Å². The normalized spacial score (nSPS) is 16.3. The molecule has 0 aliphatic carbocycles. The van der Waals surface area contributed by atoms with Gasteiger partial charge in [0.05, 0.1) is 10.6 Å². The quantitative estimate of drug-likeness (QED) is 0.924. The Kier molecular flexibility index (Phi) is 4.88. The fourth-order valence-corrected chi connectivity index (χ4v) is 3.53. The maximum atomic E-state index is 12.4. The average molecular weight is 332 g/mol. The van der Waals surface area contributed by atoms with Crippen molar-refractivity contribution in [1.82, 2.24) is 19.8 Å². The van der Waals surface area contributed by atoms with Gasteiger partial charge in [-0.3, -0.25) is 14.5 Å². The monoisotopic (exact) mass is 332 g/mol. The molecule has 6 nitrogen and oxygen atoms in total. The third-order valence-corrected chi connectivity index (χ3v) is 4.76. The van der Waals surface area contributed by atoms with Crippen molar-refractivity contribution in [1.29, 1.82) is 0 Å². The first-order chi connectivity index (χ1) is 11.1. The van der Waals surface area contributed by atoms with Crippen LogP contribution in [0.5, 0.6) is 0 Å². The molecule has 23 heavy (non-hydrogen) atoms. The molecule has 1 saturated heterocycles. The number of thiophene rings is 1. The second-order valence-electron chi connectivity index (χ2n) is 5.72. The molecule has 7 heteroatoms. The summed E-state index contributed by atoms with van der Waals surface area (Å²) in [5.74, 6) is 0.754. The van der Waals surface area contributed by atoms with Gasteiger partial charge in [-0.1, -0.05) is 6.07 Å². The van der Waals surface area contributed by atoms with Gasteiger partial charge in [-0.15, -0.1) is 11.3 Å². The van der Waals surface area contributed by atoms with Gasteiger partial charge in [-0.25, -0.2) is 4.98 Å². The number of aromatic nitrogens is 2. The summed E-state index contributed by atoms with van der Waals surface area (Å²) in [5.41, 5.74) is 0.668. The molecule has 1 N–H and O–H groups in total. The van der Waals surface area contributed by atoms with Crippen LogP contribution >= 0.6 is 11.3 Å². The van der Waals surface area contributed by atoms with E-state index in [0.29, 0.717) is 18.9 Å². The van der Waals surface area contributed by atoms with Gasteiger partial charge in [-0.2, -0.15) is 0 Å². The van der Waals surface area contributed by atoms with E-state index in [4.69, 9.17) is 0 Å². The Morgan fingerprint density at radius 2 is 2.22 bits per heavy atom. The Morgan fingerprint density at radius 1 is 1.35 bits per heavy atom. The van der Waals surface area contributed by atoms with Crippen LogP contribution in [-0.4, -0.2) is 51.9 Å². The van der Waals surface area contributed by atoms with Gasteiger partial charge in [0, 0.05) is 38.8 Å². The molecule has 122 valence electrons. The van der Waals surface area contributed by atoms with Crippen molar-refractivity contribution in [2.45, 2.75) is 19.9 Å². The van der Waals surface area contributed by atoms with Crippen LogP contribution in [-0.2, 0) is 6.54 Å². The van der Waals surface area contributed by atoms with Crippen LogP contribution in [0.1, 0.15) is 27.6 Å². The van der Waals surface area contributed by atoms with Crippen LogP contribution in [0.3, 0.4) is 0 Å². The minimum absolute atomic E-state index is 0.114. The topological polar surface area (TPSA) is 69.3 Å². The summed E-state index contributed by atoms with van der Waals surface area (Å²) in [4.78, 5) is 36.0. The smallest absolute Gasteiger partial charge is 0.263 e. The highest BCUT2D eigenvalue weighted by Crippen LogP contribution is 2.14. The molecule has 0 saturated carbocycles. The molecule has 2 aromatic rings. The summed E-state index contributed by atoms with van der Waals surface area (Å²) < 4.78 is 0. The van der Waals surface area contributed by atoms with Crippen molar-refractivity contribution < 1.29 is 4.79 Å². The van der Waals surface area contributed by atoms with E-state index >= 15 is 0 Å². The van der Waals surface area contributed by atoms with Crippen molar-refractivity contribution >= 4 is 17.2 Å². The minimum atomic E-state index is -0.114. The second-order valence-corrected chi connectivity index (χ2v) is 6.67. The molecule has 3 rings (SSSR count). The van der Waals surface area contributed by atoms with Gasteiger partial charge < -0.3 is 9.88 Å². The standard InChI is InChI=1S/C16H20N4O2S/c1-12-17-13(10-15(21)18-12)11-19-5-3-6-20(8-7-19)16(22)14-4-2-9-23-14/h2,4,9-10H,3,5-8,11H2,1H3,(H,17,18,21). The highest BCUT2D eigenvalue weighted by Gasteiger charge is 2.21. The lowest BCUT2D eigenvalue weighted by Crippen LogP contribution is -2.34. The molecule has 1 aliphatic heterocycles. The van der Waals surface area contributed by atoms with Crippen LogP contribution in [0.4, 0.5) is 0 Å². The van der Waals surface area contributed by atoms with Crippen LogP contribution in [0.25, 0.3) is 0 Å². The molecule has 1 amide bonds. The van der Waals surface area contributed by atoms with E-state index in [1.54, 1.807) is 13.0 Å². The molecule has 0 unspecified atom stereocenters. The zero-order chi connectivity index (χ0) is 16.2. The zero-order valence-corrected chi connectivity index (χ0v) is 13.9. The van der Waals surface area contributed by atoms with Crippen LogP contribution in [0.2, 0.25) is 0 Å². The fraction of sp³-hybridized carbons (Fsp3) is 0.438. The largest absolute Gasteiger partial charge is 0.337 e. The lowest BCUT2D eigenvalue weighted by Gasteiger charge is -2.21. The van der Waals surface area contributed by atoms with E-state index < -0.39 is 0 Å². The predicted molar refractivity (Wildman–Crippen MR) is 89.7 cm³/mol. The van der Waals surface area contributed by atoms with E-state index in [-0.39, 0.29) is 11.5 Å². The molecule has 0 spiro atoms. The van der Waals surface area contributed by atoms with Crippen molar-refractivity contribution in [3.05, 3.63) is 50.3 Å². The van der Waals surface area contributed by atoms with Crippen LogP contribution in [0, 0.1) is 6.92 Å². The number of rotatable bonds is 3. The SMILES string of the molecule is Cc1nc(CN2CCCN(C(=O)c3cccs3)CC2)cc(=O)[nH]1. The highest BCUT2D eigenvalue weighted by atomic mass is 32.1. The third kappa shape index (κ3) is 4.05. The summed E-state index contributed by atoms with van der Waals surface area (Å²) in [7, 11) is 0. The van der Waals surface area contributed by atoms with E-state index in [0.717, 1.165) is 36.6 Å². The molecule has 3 heterocycles. The third-order valence-electron chi connectivity index (χ3n) is 3.91. The van der Waals surface area contributed by atoms with E-state index in [1.807, 2.05) is 22.4 Å². The highest BCUT2D eigenvalue weighted by molar-refractivity contribution is 7.12. The first-order valence-electron chi connectivity index (χ1n) is 7.74. The Balaban J connectivity index is 1.62. The number of H-pyrrole nitrogens is 1.